The van der Waals surface area contributed by atoms with Crippen LogP contribution in [0.1, 0.15) is 91.9 Å². The molecule has 0 radical (unpaired) electrons. The van der Waals surface area contributed by atoms with Crippen molar-refractivity contribution in [2.24, 2.45) is 23.7 Å². The molecule has 2 aliphatic heterocycles. The molecule has 2 heterocycles. The van der Waals surface area contributed by atoms with Crippen molar-refractivity contribution in [1.29, 1.82) is 0 Å². The molecule has 1 saturated carbocycles. The largest absolute Gasteiger partial charge is 0.459 e. The molecular weight excluding hydrogens is 559 g/mol. The van der Waals surface area contributed by atoms with Gasteiger partial charge in [-0.2, -0.15) is 0 Å². The van der Waals surface area contributed by atoms with Crippen molar-refractivity contribution >= 4 is 34.8 Å². The first kappa shape index (κ1) is 29.1. The van der Waals surface area contributed by atoms with E-state index in [1.807, 2.05) is 13.8 Å². The summed E-state index contributed by atoms with van der Waals surface area (Å²) in [7, 11) is 0. The number of hydrogen-bond donors (Lipinski definition) is 1. The van der Waals surface area contributed by atoms with Crippen molar-refractivity contribution in [3.05, 3.63) is 10.2 Å². The van der Waals surface area contributed by atoms with Crippen LogP contribution in [0.2, 0.25) is 0 Å². The van der Waals surface area contributed by atoms with E-state index in [2.05, 4.69) is 43.0 Å². The maximum atomic E-state index is 12.8. The van der Waals surface area contributed by atoms with Gasteiger partial charge in [-0.25, -0.2) is 0 Å². The first-order valence-corrected chi connectivity index (χ1v) is 14.6. The minimum absolute atomic E-state index is 0.0592. The molecule has 3 aliphatic rings. The Labute approximate surface area is 225 Å². The smallest absolute Gasteiger partial charge is 0.306 e. The van der Waals surface area contributed by atoms with Crippen molar-refractivity contribution in [2.45, 2.75) is 121 Å². The van der Waals surface area contributed by atoms with E-state index in [9.17, 15) is 14.7 Å². The maximum Gasteiger partial charge on any atom is 0.306 e. The lowest BCUT2D eigenvalue weighted by Crippen LogP contribution is -2.57. The first-order chi connectivity index (χ1) is 16.5. The zero-order valence-corrected chi connectivity index (χ0v) is 24.1. The average Bonchev–Trinajstić information content (AvgIpc) is 3.13. The van der Waals surface area contributed by atoms with Crippen molar-refractivity contribution < 1.29 is 28.9 Å². The molecule has 9 atom stereocenters. The summed E-state index contributed by atoms with van der Waals surface area (Å²) in [4.78, 5) is 24.5. The van der Waals surface area contributed by atoms with Crippen LogP contribution in [0.25, 0.3) is 0 Å². The molecule has 0 amide bonds. The van der Waals surface area contributed by atoms with E-state index in [1.54, 1.807) is 0 Å². The molecule has 3 rings (SSSR count). The third-order valence-corrected chi connectivity index (χ3v) is 9.21. The Morgan fingerprint density at radius 3 is 2.66 bits per heavy atom. The van der Waals surface area contributed by atoms with Gasteiger partial charge in [-0.15, -0.1) is 0 Å². The number of aldehydes is 1. The van der Waals surface area contributed by atoms with Gasteiger partial charge in [0.15, 0.2) is 0 Å². The summed E-state index contributed by atoms with van der Waals surface area (Å²) in [6, 6.07) is 0. The van der Waals surface area contributed by atoms with Crippen LogP contribution in [-0.4, -0.2) is 53.5 Å². The summed E-state index contributed by atoms with van der Waals surface area (Å²) in [5.41, 5.74) is -1.83. The fourth-order valence-electron chi connectivity index (χ4n) is 6.87. The molecule has 3 fully saturated rings. The number of unbranched alkanes of at least 4 members (excludes halogenated alkanes) is 4. The fourth-order valence-corrected chi connectivity index (χ4v) is 7.30. The number of halogens is 1. The van der Waals surface area contributed by atoms with Crippen molar-refractivity contribution in [2.75, 3.05) is 6.61 Å². The molecule has 0 bridgehead atoms. The first-order valence-electron chi connectivity index (χ1n) is 13.5. The third-order valence-electron chi connectivity index (χ3n) is 8.77. The second kappa shape index (κ2) is 12.4. The minimum Gasteiger partial charge on any atom is -0.459 e. The summed E-state index contributed by atoms with van der Waals surface area (Å²) in [5.74, 6) is 0.329. The van der Waals surface area contributed by atoms with E-state index in [0.29, 0.717) is 25.4 Å². The molecule has 2 saturated heterocycles. The summed E-state index contributed by atoms with van der Waals surface area (Å²) in [6.45, 7) is 12.8. The molecule has 6 nitrogen and oxygen atoms in total. The Kier molecular flexibility index (Phi) is 10.3. The van der Waals surface area contributed by atoms with E-state index < -0.39 is 17.3 Å². The van der Waals surface area contributed by atoms with Gasteiger partial charge in [-0.1, -0.05) is 46.1 Å². The topological polar surface area (TPSA) is 82.1 Å². The average molecular weight is 605 g/mol. The standard InChI is InChI=1S/C28H45IO6/c1-6-7-8-9-10-11-23(31)35-22(13-15-30)28(5)26-24-20(18(2)17-33-28)12-14-27(4,32)25(24)21(34-26)16-19(3)29/h15,18,20-22,24-26,32H,3,6-14,16-17H2,1-2,4-5H3/t18-,20-,21-,22+,24-,25-,26-,27-,28-/m1/s1. The Balaban J connectivity index is 1.87. The van der Waals surface area contributed by atoms with E-state index in [1.165, 1.54) is 6.42 Å². The maximum absolute atomic E-state index is 12.8. The molecular formula is C28H45IO6. The number of rotatable bonds is 12. The van der Waals surface area contributed by atoms with Crippen LogP contribution < -0.4 is 0 Å². The molecule has 0 aromatic rings. The van der Waals surface area contributed by atoms with Gasteiger partial charge in [0.05, 0.1) is 24.4 Å². The quantitative estimate of drug-likeness (QED) is 0.132. The highest BCUT2D eigenvalue weighted by Crippen LogP contribution is 2.58. The second-order valence-corrected chi connectivity index (χ2v) is 13.0. The van der Waals surface area contributed by atoms with Crippen LogP contribution in [0.3, 0.4) is 0 Å². The Morgan fingerprint density at radius 1 is 1.29 bits per heavy atom. The van der Waals surface area contributed by atoms with Crippen LogP contribution in [0.4, 0.5) is 0 Å². The molecule has 0 spiro atoms. The SMILES string of the molecule is C=C(I)C[C@H]1O[C@@H]2[C@@H]3[C@H](CC[C@@](C)(O)[C@@H]31)[C@H](C)CO[C@]2(C)[C@H](CC=O)OC(=O)CCCCCCC. The zero-order chi connectivity index (χ0) is 25.8. The monoisotopic (exact) mass is 604 g/mol. The predicted octanol–water partition coefficient (Wildman–Crippen LogP) is 5.77. The summed E-state index contributed by atoms with van der Waals surface area (Å²) in [6.07, 6.45) is 7.44. The second-order valence-electron chi connectivity index (χ2n) is 11.5. The van der Waals surface area contributed by atoms with Gasteiger partial charge in [-0.05, 0) is 77.0 Å². The number of hydrogen-bond acceptors (Lipinski definition) is 6. The van der Waals surface area contributed by atoms with Crippen molar-refractivity contribution in [3.63, 3.8) is 0 Å². The summed E-state index contributed by atoms with van der Waals surface area (Å²) >= 11 is 2.23. The normalized spacial score (nSPS) is 39.4. The van der Waals surface area contributed by atoms with E-state index >= 15 is 0 Å². The molecule has 200 valence electrons. The zero-order valence-electron chi connectivity index (χ0n) is 22.0. The highest BCUT2D eigenvalue weighted by molar-refractivity contribution is 14.1. The summed E-state index contributed by atoms with van der Waals surface area (Å²) in [5, 5.41) is 11.5. The molecule has 7 heteroatoms. The Morgan fingerprint density at radius 2 is 2.00 bits per heavy atom. The Bertz CT molecular complexity index is 754. The van der Waals surface area contributed by atoms with E-state index in [4.69, 9.17) is 14.2 Å². The third kappa shape index (κ3) is 6.50. The molecule has 1 N–H and O–H groups in total. The van der Waals surface area contributed by atoms with Crippen molar-refractivity contribution in [1.82, 2.24) is 0 Å². The fraction of sp³-hybridized carbons (Fsp3) is 0.857. The van der Waals surface area contributed by atoms with Gasteiger partial charge in [0.2, 0.25) is 0 Å². The number of ether oxygens (including phenoxy) is 3. The predicted molar refractivity (Wildman–Crippen MR) is 144 cm³/mol. The minimum atomic E-state index is -0.973. The number of esters is 1. The van der Waals surface area contributed by atoms with Gasteiger partial charge in [0.25, 0.3) is 0 Å². The van der Waals surface area contributed by atoms with Crippen molar-refractivity contribution in [3.8, 4) is 0 Å². The molecule has 0 aromatic heterocycles. The number of aliphatic hydroxyl groups is 1. The van der Waals surface area contributed by atoms with Crippen LogP contribution in [-0.2, 0) is 23.8 Å². The van der Waals surface area contributed by atoms with Gasteiger partial charge >= 0.3 is 5.97 Å². The highest BCUT2D eigenvalue weighted by atomic mass is 127. The van der Waals surface area contributed by atoms with Gasteiger partial charge in [-0.3, -0.25) is 4.79 Å². The van der Waals surface area contributed by atoms with Crippen LogP contribution >= 0.6 is 22.6 Å². The van der Waals surface area contributed by atoms with Crippen LogP contribution in [0.5, 0.6) is 0 Å². The molecule has 0 unspecified atom stereocenters. The highest BCUT2D eigenvalue weighted by Gasteiger charge is 2.65. The molecule has 35 heavy (non-hydrogen) atoms. The van der Waals surface area contributed by atoms with Gasteiger partial charge in [0, 0.05) is 25.2 Å². The van der Waals surface area contributed by atoms with E-state index in [0.717, 1.165) is 48.4 Å². The molecule has 0 aromatic carbocycles. The lowest BCUT2D eigenvalue weighted by Gasteiger charge is -2.47. The lowest BCUT2D eigenvalue weighted by molar-refractivity contribution is -0.203. The van der Waals surface area contributed by atoms with Gasteiger partial charge in [0.1, 0.15) is 18.0 Å². The van der Waals surface area contributed by atoms with Crippen LogP contribution in [0, 0.1) is 23.7 Å². The van der Waals surface area contributed by atoms with Crippen LogP contribution in [0.15, 0.2) is 10.2 Å². The molecule has 1 aliphatic carbocycles. The number of carbonyl (C=O) groups excluding carboxylic acids is 2. The van der Waals surface area contributed by atoms with E-state index in [-0.39, 0.29) is 42.4 Å². The lowest BCUT2D eigenvalue weighted by atomic mass is 9.58. The summed E-state index contributed by atoms with van der Waals surface area (Å²) < 4.78 is 20.3. The van der Waals surface area contributed by atoms with Gasteiger partial charge < -0.3 is 24.1 Å². The Hall–Kier alpha value is -0.510. The number of carbonyl (C=O) groups is 2.